The van der Waals surface area contributed by atoms with E-state index in [1.807, 2.05) is 158 Å². The summed E-state index contributed by atoms with van der Waals surface area (Å²) >= 11 is 0. The fraction of sp³-hybridized carbons (Fsp3) is 0.0130. The number of hydrogen-bond acceptors (Lipinski definition) is 3. The molecule has 15 aromatic rings. The Balaban J connectivity index is 0.968. The molecule has 0 atom stereocenters. The van der Waals surface area contributed by atoms with Gasteiger partial charge in [0.15, 0.2) is 0 Å². The van der Waals surface area contributed by atoms with Crippen LogP contribution in [0.3, 0.4) is 0 Å². The highest BCUT2D eigenvalue weighted by Gasteiger charge is 2.47. The molecule has 0 amide bonds. The molecule has 0 fully saturated rings. The van der Waals surface area contributed by atoms with Crippen LogP contribution in [0.5, 0.6) is 0 Å². The summed E-state index contributed by atoms with van der Waals surface area (Å²) in [6.07, 6.45) is 0. The standard InChI is InChI=1S/C77H49NO2/c1-3-18-50(19-4-1)51-42-48-57(49-43-51)78(56-20-5-2-6-21-56)71-35-17-28-60-61(27-15-29-62(60)71)65-30-16-34-70-74(65)68-24-7-10-33-69(68)77(70,54-44-38-52(39-45-54)58-25-13-31-66-63-22-8-11-36-72(63)79-75(58)66)55-46-40-53(41-47-55)59-26-14-32-67-64-23-9-12-37-73(64)80-76(59)67/h1-49H/i38D,39D,40D,41D,44D,45D,46D,47D. The van der Waals surface area contributed by atoms with Crippen molar-refractivity contribution >= 4 is 71.7 Å². The van der Waals surface area contributed by atoms with Crippen LogP contribution < -0.4 is 4.90 Å². The highest BCUT2D eigenvalue weighted by Crippen LogP contribution is 2.59. The normalized spacial score (nSPS) is 14.0. The average molecular weight is 1030 g/mol. The second-order valence-corrected chi connectivity index (χ2v) is 20.3. The summed E-state index contributed by atoms with van der Waals surface area (Å²) in [7, 11) is 0. The number of nitrogens with zero attached hydrogens (tertiary/aromatic N) is 1. The predicted octanol–water partition coefficient (Wildman–Crippen LogP) is 21.1. The fourth-order valence-corrected chi connectivity index (χ4v) is 12.5. The van der Waals surface area contributed by atoms with Crippen LogP contribution in [0.2, 0.25) is 0 Å². The zero-order valence-corrected chi connectivity index (χ0v) is 42.9. The van der Waals surface area contributed by atoms with E-state index < -0.39 is 29.6 Å². The van der Waals surface area contributed by atoms with Crippen molar-refractivity contribution in [1.29, 1.82) is 0 Å². The molecule has 0 N–H and O–H groups in total. The topological polar surface area (TPSA) is 29.5 Å². The molecule has 2 heterocycles. The van der Waals surface area contributed by atoms with Crippen LogP contribution in [-0.4, -0.2) is 0 Å². The van der Waals surface area contributed by atoms with Crippen LogP contribution in [0.15, 0.2) is 306 Å². The summed E-state index contributed by atoms with van der Waals surface area (Å²) in [4.78, 5) is 2.26. The minimum atomic E-state index is -2.00. The molecular weight excluding hydrogens is 971 g/mol. The second kappa shape index (κ2) is 18.3. The highest BCUT2D eigenvalue weighted by molar-refractivity contribution is 6.12. The minimum Gasteiger partial charge on any atom is -0.455 e. The molecule has 0 aliphatic heterocycles. The van der Waals surface area contributed by atoms with E-state index in [1.54, 1.807) is 12.1 Å². The summed E-state index contributed by atoms with van der Waals surface area (Å²) in [5.41, 5.74) is 9.64. The lowest BCUT2D eigenvalue weighted by molar-refractivity contribution is 0.669. The molecule has 2 aromatic heterocycles. The van der Waals surface area contributed by atoms with Gasteiger partial charge < -0.3 is 13.7 Å². The molecule has 1 aliphatic carbocycles. The van der Waals surface area contributed by atoms with Crippen molar-refractivity contribution in [3.63, 3.8) is 0 Å². The van der Waals surface area contributed by atoms with Gasteiger partial charge in [0.05, 0.1) is 22.1 Å². The van der Waals surface area contributed by atoms with Gasteiger partial charge in [-0.1, -0.05) is 255 Å². The predicted molar refractivity (Wildman–Crippen MR) is 332 cm³/mol. The van der Waals surface area contributed by atoms with Gasteiger partial charge in [0, 0.05) is 49.4 Å². The van der Waals surface area contributed by atoms with Crippen molar-refractivity contribution in [3.05, 3.63) is 319 Å². The van der Waals surface area contributed by atoms with E-state index in [0.29, 0.717) is 55.7 Å². The molecule has 1 aliphatic rings. The van der Waals surface area contributed by atoms with Crippen molar-refractivity contribution in [2.45, 2.75) is 5.41 Å². The number of rotatable bonds is 9. The van der Waals surface area contributed by atoms with Crippen LogP contribution >= 0.6 is 0 Å². The molecule has 0 saturated carbocycles. The number of para-hydroxylation sites is 5. The number of anilines is 3. The van der Waals surface area contributed by atoms with Crippen LogP contribution in [0.25, 0.3) is 110 Å². The summed E-state index contributed by atoms with van der Waals surface area (Å²) in [6.45, 7) is 0. The largest absolute Gasteiger partial charge is 0.455 e. The molecule has 3 heteroatoms. The Labute approximate surface area is 474 Å². The lowest BCUT2D eigenvalue weighted by Gasteiger charge is -2.34. The molecule has 16 rings (SSSR count). The maximum absolute atomic E-state index is 10.5. The van der Waals surface area contributed by atoms with E-state index in [1.165, 1.54) is 0 Å². The van der Waals surface area contributed by atoms with Gasteiger partial charge in [-0.25, -0.2) is 0 Å². The van der Waals surface area contributed by atoms with E-state index in [2.05, 4.69) is 83.8 Å². The van der Waals surface area contributed by atoms with Crippen molar-refractivity contribution in [3.8, 4) is 55.6 Å². The van der Waals surface area contributed by atoms with Crippen LogP contribution in [0.1, 0.15) is 33.2 Å². The SMILES string of the molecule is [2H]c1c([2H])c(C2(c3c([2H])c([2H])c(-c4cccc5c4oc4ccccc45)c([2H])c3[2H])c3ccccc3-c3c(-c4cccc5c(N(c6ccccc6)c6ccc(-c7ccccc7)cc6)cccc45)cccc32)c([2H])c([2H])c1-c1cccc2c1oc1ccccc12. The zero-order valence-electron chi connectivity index (χ0n) is 50.9. The van der Waals surface area contributed by atoms with Gasteiger partial charge in [-0.05, 0) is 115 Å². The van der Waals surface area contributed by atoms with Gasteiger partial charge in [0.1, 0.15) is 22.3 Å². The Morgan fingerprint density at radius 1 is 0.287 bits per heavy atom. The van der Waals surface area contributed by atoms with Crippen LogP contribution in [-0.2, 0) is 5.41 Å². The van der Waals surface area contributed by atoms with Crippen molar-refractivity contribution in [2.75, 3.05) is 4.90 Å². The van der Waals surface area contributed by atoms with E-state index in [4.69, 9.17) is 8.83 Å². The van der Waals surface area contributed by atoms with Gasteiger partial charge in [0.25, 0.3) is 0 Å². The highest BCUT2D eigenvalue weighted by atomic mass is 16.3. The molecule has 374 valence electrons. The third-order valence-corrected chi connectivity index (χ3v) is 16.1. The quantitative estimate of drug-likeness (QED) is 0.144. The maximum atomic E-state index is 10.5. The molecule has 3 nitrogen and oxygen atoms in total. The zero-order chi connectivity index (χ0) is 59.7. The number of furan rings is 2. The molecule has 0 spiro atoms. The Morgan fingerprint density at radius 2 is 0.725 bits per heavy atom. The summed E-state index contributed by atoms with van der Waals surface area (Å²) in [6, 6.07) is 78.2. The van der Waals surface area contributed by atoms with Crippen LogP contribution in [0, 0.1) is 0 Å². The monoisotopic (exact) mass is 1030 g/mol. The Morgan fingerprint density at radius 3 is 1.36 bits per heavy atom. The van der Waals surface area contributed by atoms with Gasteiger partial charge in [0.2, 0.25) is 0 Å². The second-order valence-electron chi connectivity index (χ2n) is 20.3. The van der Waals surface area contributed by atoms with E-state index in [-0.39, 0.29) is 46.4 Å². The van der Waals surface area contributed by atoms with Gasteiger partial charge in [-0.2, -0.15) is 0 Å². The van der Waals surface area contributed by atoms with Crippen LogP contribution in [0.4, 0.5) is 17.1 Å². The molecule has 80 heavy (non-hydrogen) atoms. The summed E-state index contributed by atoms with van der Waals surface area (Å²) < 4.78 is 95.4. The van der Waals surface area contributed by atoms with Crippen molar-refractivity contribution in [2.24, 2.45) is 0 Å². The number of hydrogen-bond donors (Lipinski definition) is 0. The molecule has 0 bridgehead atoms. The molecule has 0 saturated heterocycles. The molecule has 13 aromatic carbocycles. The van der Waals surface area contributed by atoms with E-state index >= 15 is 0 Å². The molecule has 0 radical (unpaired) electrons. The smallest absolute Gasteiger partial charge is 0.143 e. The van der Waals surface area contributed by atoms with Gasteiger partial charge in [-0.3, -0.25) is 0 Å². The summed E-state index contributed by atoms with van der Waals surface area (Å²) in [5.74, 6) is 0. The van der Waals surface area contributed by atoms with Gasteiger partial charge in [-0.15, -0.1) is 0 Å². The van der Waals surface area contributed by atoms with Crippen molar-refractivity contribution < 1.29 is 19.8 Å². The number of fused-ring (bicyclic) bond motifs is 10. The van der Waals surface area contributed by atoms with E-state index in [9.17, 15) is 11.0 Å². The summed E-state index contributed by atoms with van der Waals surface area (Å²) in [5, 5.41) is 5.07. The average Bonchev–Trinajstić information content (AvgIpc) is 1.44. The Hall–Kier alpha value is -10.5. The van der Waals surface area contributed by atoms with Gasteiger partial charge >= 0.3 is 0 Å². The first-order valence-electron chi connectivity index (χ1n) is 30.8. The Bertz CT molecular complexity index is 5150. The van der Waals surface area contributed by atoms with E-state index in [0.717, 1.165) is 71.6 Å². The minimum absolute atomic E-state index is 0.0240. The lowest BCUT2D eigenvalue weighted by atomic mass is 9.67. The lowest BCUT2D eigenvalue weighted by Crippen LogP contribution is -2.28. The third-order valence-electron chi connectivity index (χ3n) is 16.1. The third kappa shape index (κ3) is 7.01. The maximum Gasteiger partial charge on any atom is 0.143 e. The van der Waals surface area contributed by atoms with Crippen molar-refractivity contribution in [1.82, 2.24) is 0 Å². The number of benzene rings is 13. The first-order chi connectivity index (χ1) is 43.0. The first-order valence-corrected chi connectivity index (χ1v) is 26.8. The molecule has 0 unspecified atom stereocenters. The first kappa shape index (κ1) is 38.1. The Kier molecular flexibility index (Phi) is 8.74. The molecular formula is C77H49NO2. The fourth-order valence-electron chi connectivity index (χ4n) is 12.5.